The van der Waals surface area contributed by atoms with Crippen LogP contribution in [0.4, 0.5) is 10.6 Å². The van der Waals surface area contributed by atoms with Crippen LogP contribution >= 0.6 is 0 Å². The number of carboxylic acid groups (broad SMARTS) is 1. The third-order valence-electron chi connectivity index (χ3n) is 4.17. The molecular weight excluding hydrogens is 300 g/mol. The minimum atomic E-state index is -1.44. The average Bonchev–Trinajstić information content (AvgIpc) is 2.88. The van der Waals surface area contributed by atoms with Gasteiger partial charge in [-0.05, 0) is 25.7 Å². The fraction of sp³-hybridized carbons (Fsp3) is 0.667. The first-order chi connectivity index (χ1) is 11.0. The lowest BCUT2D eigenvalue weighted by Gasteiger charge is -2.28. The van der Waals surface area contributed by atoms with Crippen LogP contribution < -0.4 is 10.6 Å². The van der Waals surface area contributed by atoms with E-state index in [1.54, 1.807) is 16.9 Å². The van der Waals surface area contributed by atoms with Gasteiger partial charge in [0.05, 0.1) is 18.3 Å². The lowest BCUT2D eigenvalue weighted by molar-refractivity contribution is -0.125. The maximum atomic E-state index is 12.2. The van der Waals surface area contributed by atoms with Gasteiger partial charge in [-0.15, -0.1) is 0 Å². The molecule has 1 saturated carbocycles. The Labute approximate surface area is 134 Å². The molecule has 1 fully saturated rings. The summed E-state index contributed by atoms with van der Waals surface area (Å²) in [5.41, 5.74) is 0. The minimum absolute atomic E-state index is 0.283. The Kier molecular flexibility index (Phi) is 5.97. The van der Waals surface area contributed by atoms with Crippen molar-refractivity contribution in [1.82, 2.24) is 15.1 Å². The monoisotopic (exact) mass is 324 g/mol. The summed E-state index contributed by atoms with van der Waals surface area (Å²) in [6, 6.07) is 1.13. The van der Waals surface area contributed by atoms with Gasteiger partial charge < -0.3 is 20.8 Å². The van der Waals surface area contributed by atoms with Crippen molar-refractivity contribution in [3.05, 3.63) is 12.3 Å². The van der Waals surface area contributed by atoms with Gasteiger partial charge in [-0.2, -0.15) is 5.10 Å². The first-order valence-electron chi connectivity index (χ1n) is 8.04. The lowest BCUT2D eigenvalue weighted by Crippen LogP contribution is -2.48. The Hall–Kier alpha value is -2.09. The van der Waals surface area contributed by atoms with E-state index in [1.165, 1.54) is 0 Å². The van der Waals surface area contributed by atoms with Crippen LogP contribution in [0.1, 0.15) is 51.5 Å². The number of anilines is 1. The molecule has 128 valence electrons. The molecule has 2 rings (SSSR count). The van der Waals surface area contributed by atoms with Crippen molar-refractivity contribution >= 4 is 17.8 Å². The maximum Gasteiger partial charge on any atom is 0.404 e. The predicted octanol–water partition coefficient (Wildman–Crippen LogP) is 1.73. The van der Waals surface area contributed by atoms with Gasteiger partial charge >= 0.3 is 6.09 Å². The van der Waals surface area contributed by atoms with Crippen LogP contribution in [0, 0.1) is 0 Å². The molecule has 23 heavy (non-hydrogen) atoms. The highest BCUT2D eigenvalue weighted by Gasteiger charge is 2.29. The van der Waals surface area contributed by atoms with Crippen LogP contribution in [0.5, 0.6) is 0 Å². The third kappa shape index (κ3) is 4.44. The molecule has 2 amide bonds. The van der Waals surface area contributed by atoms with Crippen molar-refractivity contribution in [3.63, 3.8) is 0 Å². The van der Waals surface area contributed by atoms with E-state index < -0.39 is 24.1 Å². The molecule has 4 N–H and O–H groups in total. The summed E-state index contributed by atoms with van der Waals surface area (Å²) in [7, 11) is 0. The number of aromatic nitrogens is 2. The molecule has 0 radical (unpaired) electrons. The second-order valence-electron chi connectivity index (χ2n) is 5.88. The van der Waals surface area contributed by atoms with Gasteiger partial charge in [0, 0.05) is 6.07 Å². The largest absolute Gasteiger partial charge is 0.465 e. The van der Waals surface area contributed by atoms with Gasteiger partial charge in [0.25, 0.3) is 5.91 Å². The molecule has 1 heterocycles. The van der Waals surface area contributed by atoms with Crippen LogP contribution in [-0.4, -0.2) is 44.1 Å². The summed E-state index contributed by atoms with van der Waals surface area (Å²) in [5, 5.41) is 28.1. The van der Waals surface area contributed by atoms with E-state index >= 15 is 0 Å². The fourth-order valence-electron chi connectivity index (χ4n) is 2.61. The summed E-state index contributed by atoms with van der Waals surface area (Å²) < 4.78 is 1.75. The predicted molar refractivity (Wildman–Crippen MR) is 84.2 cm³/mol. The number of aliphatic hydroxyl groups is 1. The summed E-state index contributed by atoms with van der Waals surface area (Å²) in [4.78, 5) is 23.1. The topological polar surface area (TPSA) is 116 Å². The second kappa shape index (κ2) is 7.96. The number of carbonyl (C=O) groups excluding carboxylic acids is 1. The number of carbonyl (C=O) groups is 2. The van der Waals surface area contributed by atoms with E-state index in [0.717, 1.165) is 32.1 Å². The van der Waals surface area contributed by atoms with Crippen LogP contribution in [0.15, 0.2) is 12.3 Å². The Balaban J connectivity index is 1.99. The van der Waals surface area contributed by atoms with Crippen LogP contribution in [0.25, 0.3) is 0 Å². The van der Waals surface area contributed by atoms with E-state index in [-0.39, 0.29) is 6.04 Å². The molecule has 1 aliphatic carbocycles. The molecular formula is C15H24N4O4. The molecule has 1 aromatic heterocycles. The number of nitrogens with zero attached hydrogens (tertiary/aromatic N) is 2. The Morgan fingerprint density at radius 2 is 2.22 bits per heavy atom. The number of unbranched alkanes of at least 4 members (excludes halogenated alkanes) is 1. The first kappa shape index (κ1) is 17.3. The van der Waals surface area contributed by atoms with E-state index in [2.05, 4.69) is 15.7 Å². The zero-order chi connectivity index (χ0) is 16.8. The molecule has 1 aliphatic rings. The molecule has 0 bridgehead atoms. The Morgan fingerprint density at radius 3 is 2.78 bits per heavy atom. The van der Waals surface area contributed by atoms with E-state index in [1.807, 2.05) is 6.92 Å². The Bertz CT molecular complexity index is 541. The quantitative estimate of drug-likeness (QED) is 0.581. The SMILES string of the molecule is CCCCC(NC(=O)O)C(O)C(=O)Nc1ccnn1C1CCC1. The average molecular weight is 324 g/mol. The molecule has 8 heteroatoms. The summed E-state index contributed by atoms with van der Waals surface area (Å²) >= 11 is 0. The summed E-state index contributed by atoms with van der Waals surface area (Å²) in [6.45, 7) is 1.96. The van der Waals surface area contributed by atoms with E-state index in [4.69, 9.17) is 5.11 Å². The molecule has 0 aliphatic heterocycles. The van der Waals surface area contributed by atoms with Gasteiger partial charge in [0.15, 0.2) is 6.10 Å². The number of nitrogens with one attached hydrogen (secondary N) is 2. The fourth-order valence-corrected chi connectivity index (χ4v) is 2.61. The highest BCUT2D eigenvalue weighted by molar-refractivity contribution is 5.94. The highest BCUT2D eigenvalue weighted by atomic mass is 16.4. The molecule has 8 nitrogen and oxygen atoms in total. The Morgan fingerprint density at radius 1 is 1.48 bits per heavy atom. The smallest absolute Gasteiger partial charge is 0.404 e. The minimum Gasteiger partial charge on any atom is -0.465 e. The standard InChI is InChI=1S/C15H24N4O4/c1-2-3-7-11(17-15(22)23)13(20)14(21)18-12-8-9-16-19(12)10-5-4-6-10/h8-11,13,17,20H,2-7H2,1H3,(H,18,21)(H,22,23). The number of aliphatic hydroxyl groups excluding tert-OH is 1. The van der Waals surface area contributed by atoms with Crippen molar-refractivity contribution < 1.29 is 19.8 Å². The van der Waals surface area contributed by atoms with Gasteiger partial charge in [-0.1, -0.05) is 19.8 Å². The molecule has 2 unspecified atom stereocenters. The first-order valence-corrected chi connectivity index (χ1v) is 8.04. The zero-order valence-electron chi connectivity index (χ0n) is 13.2. The number of hydrogen-bond donors (Lipinski definition) is 4. The van der Waals surface area contributed by atoms with Gasteiger partial charge in [0.1, 0.15) is 5.82 Å². The van der Waals surface area contributed by atoms with Crippen molar-refractivity contribution in [3.8, 4) is 0 Å². The normalized spacial score (nSPS) is 17.1. The number of hydrogen-bond acceptors (Lipinski definition) is 4. The molecule has 1 aromatic rings. The molecule has 0 spiro atoms. The van der Waals surface area contributed by atoms with Crippen LogP contribution in [-0.2, 0) is 4.79 Å². The van der Waals surface area contributed by atoms with Gasteiger partial charge in [-0.3, -0.25) is 4.79 Å². The summed E-state index contributed by atoms with van der Waals surface area (Å²) in [6.07, 6.45) is 4.06. The van der Waals surface area contributed by atoms with Crippen LogP contribution in [0.3, 0.4) is 0 Å². The number of rotatable bonds is 8. The summed E-state index contributed by atoms with van der Waals surface area (Å²) in [5.74, 6) is -0.0933. The second-order valence-corrected chi connectivity index (χ2v) is 5.88. The van der Waals surface area contributed by atoms with Crippen molar-refractivity contribution in [2.24, 2.45) is 0 Å². The van der Waals surface area contributed by atoms with Crippen molar-refractivity contribution in [2.45, 2.75) is 63.6 Å². The zero-order valence-corrected chi connectivity index (χ0v) is 13.2. The van der Waals surface area contributed by atoms with Crippen LogP contribution in [0.2, 0.25) is 0 Å². The van der Waals surface area contributed by atoms with Gasteiger partial charge in [-0.25, -0.2) is 9.48 Å². The van der Waals surface area contributed by atoms with Crippen molar-refractivity contribution in [1.29, 1.82) is 0 Å². The maximum absolute atomic E-state index is 12.2. The third-order valence-corrected chi connectivity index (χ3v) is 4.17. The van der Waals surface area contributed by atoms with E-state index in [0.29, 0.717) is 12.2 Å². The van der Waals surface area contributed by atoms with Crippen molar-refractivity contribution in [2.75, 3.05) is 5.32 Å². The number of amides is 2. The molecule has 0 saturated heterocycles. The molecule has 0 aromatic carbocycles. The highest BCUT2D eigenvalue weighted by Crippen LogP contribution is 2.33. The molecule has 2 atom stereocenters. The lowest BCUT2D eigenvalue weighted by atomic mass is 9.93. The van der Waals surface area contributed by atoms with Gasteiger partial charge in [0.2, 0.25) is 0 Å². The van der Waals surface area contributed by atoms with E-state index in [9.17, 15) is 14.7 Å².